The number of benzene rings is 1. The number of anilines is 1. The molecular weight excluding hydrogens is 266 g/mol. The van der Waals surface area contributed by atoms with Crippen molar-refractivity contribution in [2.45, 2.75) is 13.0 Å². The maximum absolute atomic E-state index is 6.08. The Balaban J connectivity index is 2.32. The van der Waals surface area contributed by atoms with E-state index in [1.54, 1.807) is 0 Å². The van der Waals surface area contributed by atoms with Gasteiger partial charge in [-0.25, -0.2) is 0 Å². The molecular formula is C13H18ClN3S. The third kappa shape index (κ3) is 2.76. The smallest absolute Gasteiger partial charge is 0.106 e. The highest BCUT2D eigenvalue weighted by atomic mass is 35.5. The Hall–Kier alpha value is -0.840. The highest BCUT2D eigenvalue weighted by molar-refractivity contribution is 7.80. The van der Waals surface area contributed by atoms with E-state index in [2.05, 4.69) is 23.8 Å². The minimum absolute atomic E-state index is 0.424. The van der Waals surface area contributed by atoms with E-state index in [4.69, 9.17) is 29.6 Å². The summed E-state index contributed by atoms with van der Waals surface area (Å²) in [5.41, 5.74) is 7.74. The number of hydrogen-bond donors (Lipinski definition) is 1. The largest absolute Gasteiger partial charge is 0.389 e. The minimum Gasteiger partial charge on any atom is -0.389 e. The van der Waals surface area contributed by atoms with Gasteiger partial charge in [0, 0.05) is 41.9 Å². The van der Waals surface area contributed by atoms with Gasteiger partial charge in [0.15, 0.2) is 0 Å². The van der Waals surface area contributed by atoms with Crippen LogP contribution >= 0.6 is 23.8 Å². The number of hydrogen-bond acceptors (Lipinski definition) is 3. The average molecular weight is 284 g/mol. The van der Waals surface area contributed by atoms with Crippen molar-refractivity contribution in [3.8, 4) is 0 Å². The number of thiocarbonyl (C=S) groups is 1. The van der Waals surface area contributed by atoms with Crippen molar-refractivity contribution in [3.05, 3.63) is 28.8 Å². The molecule has 0 amide bonds. The van der Waals surface area contributed by atoms with Crippen molar-refractivity contribution < 1.29 is 0 Å². The Morgan fingerprint density at radius 1 is 1.44 bits per heavy atom. The van der Waals surface area contributed by atoms with E-state index in [-0.39, 0.29) is 0 Å². The lowest BCUT2D eigenvalue weighted by molar-refractivity contribution is 0.234. The van der Waals surface area contributed by atoms with Gasteiger partial charge in [0.25, 0.3) is 0 Å². The van der Waals surface area contributed by atoms with Crippen LogP contribution in [-0.2, 0) is 0 Å². The molecule has 3 nitrogen and oxygen atoms in total. The van der Waals surface area contributed by atoms with Gasteiger partial charge in [0.2, 0.25) is 0 Å². The number of nitrogens with two attached hydrogens (primary N) is 1. The van der Waals surface area contributed by atoms with Crippen molar-refractivity contribution >= 4 is 34.5 Å². The molecule has 0 radical (unpaired) electrons. The molecule has 1 aliphatic rings. The molecule has 0 bridgehead atoms. The van der Waals surface area contributed by atoms with Crippen molar-refractivity contribution in [1.82, 2.24) is 4.90 Å². The number of rotatable bonds is 2. The Kier molecular flexibility index (Phi) is 4.10. The minimum atomic E-state index is 0.424. The first-order chi connectivity index (χ1) is 8.49. The van der Waals surface area contributed by atoms with Gasteiger partial charge in [-0.1, -0.05) is 23.8 Å². The van der Waals surface area contributed by atoms with Crippen molar-refractivity contribution in [1.29, 1.82) is 0 Å². The second-order valence-corrected chi connectivity index (χ2v) is 5.68. The molecule has 1 atom stereocenters. The summed E-state index contributed by atoms with van der Waals surface area (Å²) in [6.45, 7) is 5.19. The second-order valence-electron chi connectivity index (χ2n) is 4.80. The third-order valence-corrected chi connectivity index (χ3v) is 3.98. The average Bonchev–Trinajstić information content (AvgIpc) is 2.32. The summed E-state index contributed by atoms with van der Waals surface area (Å²) in [4.78, 5) is 5.08. The highest BCUT2D eigenvalue weighted by Crippen LogP contribution is 2.26. The van der Waals surface area contributed by atoms with Crippen LogP contribution in [0.15, 0.2) is 18.2 Å². The Morgan fingerprint density at radius 2 is 2.17 bits per heavy atom. The molecule has 1 aromatic carbocycles. The van der Waals surface area contributed by atoms with Crippen molar-refractivity contribution in [2.24, 2.45) is 5.73 Å². The van der Waals surface area contributed by atoms with Gasteiger partial charge in [0.1, 0.15) is 4.99 Å². The Labute approximate surface area is 119 Å². The number of nitrogens with zero attached hydrogens (tertiary/aromatic N) is 2. The molecule has 0 aromatic heterocycles. The van der Waals surface area contributed by atoms with Gasteiger partial charge in [0.05, 0.1) is 0 Å². The molecule has 1 heterocycles. The summed E-state index contributed by atoms with van der Waals surface area (Å²) in [6, 6.07) is 6.20. The zero-order valence-corrected chi connectivity index (χ0v) is 12.3. The summed E-state index contributed by atoms with van der Waals surface area (Å²) in [5.74, 6) is 0. The van der Waals surface area contributed by atoms with E-state index >= 15 is 0 Å². The first-order valence-electron chi connectivity index (χ1n) is 6.03. The van der Waals surface area contributed by atoms with E-state index < -0.39 is 0 Å². The van der Waals surface area contributed by atoms with Crippen LogP contribution in [-0.4, -0.2) is 42.6 Å². The SMILES string of the molecule is CC1CN(c2cc(Cl)ccc2C(N)=S)CCN1C. The molecule has 1 aliphatic heterocycles. The molecule has 0 saturated carbocycles. The lowest BCUT2D eigenvalue weighted by Gasteiger charge is -2.39. The van der Waals surface area contributed by atoms with Gasteiger partial charge >= 0.3 is 0 Å². The Morgan fingerprint density at radius 3 is 2.78 bits per heavy atom. The molecule has 2 N–H and O–H groups in total. The third-order valence-electron chi connectivity index (χ3n) is 3.53. The number of piperazine rings is 1. The van der Waals surface area contributed by atoms with Crippen LogP contribution in [0.5, 0.6) is 0 Å². The zero-order chi connectivity index (χ0) is 13.3. The normalized spacial score (nSPS) is 21.1. The van der Waals surface area contributed by atoms with E-state index in [0.717, 1.165) is 35.9 Å². The van der Waals surface area contributed by atoms with Crippen LogP contribution in [0, 0.1) is 0 Å². The van der Waals surface area contributed by atoms with E-state index in [1.807, 2.05) is 18.2 Å². The fourth-order valence-corrected chi connectivity index (χ4v) is 2.58. The molecule has 0 aliphatic carbocycles. The maximum atomic E-state index is 6.08. The molecule has 0 spiro atoms. The van der Waals surface area contributed by atoms with Gasteiger partial charge in [-0.2, -0.15) is 0 Å². The first-order valence-corrected chi connectivity index (χ1v) is 6.82. The van der Waals surface area contributed by atoms with Crippen molar-refractivity contribution in [2.75, 3.05) is 31.6 Å². The highest BCUT2D eigenvalue weighted by Gasteiger charge is 2.23. The predicted molar refractivity (Wildman–Crippen MR) is 81.6 cm³/mol. The fourth-order valence-electron chi connectivity index (χ4n) is 2.24. The van der Waals surface area contributed by atoms with E-state index in [0.29, 0.717) is 11.0 Å². The quantitative estimate of drug-likeness (QED) is 0.843. The Bertz CT molecular complexity index is 464. The molecule has 98 valence electrons. The number of halogens is 1. The number of likely N-dealkylation sites (N-methyl/N-ethyl adjacent to an activating group) is 1. The molecule has 5 heteroatoms. The predicted octanol–water partition coefficient (Wildman–Crippen LogP) is 2.11. The first kappa shape index (κ1) is 13.6. The van der Waals surface area contributed by atoms with Crippen LogP contribution in [0.4, 0.5) is 5.69 Å². The van der Waals surface area contributed by atoms with Crippen LogP contribution in [0.1, 0.15) is 12.5 Å². The zero-order valence-electron chi connectivity index (χ0n) is 10.7. The second kappa shape index (κ2) is 5.43. The van der Waals surface area contributed by atoms with Crippen LogP contribution in [0.3, 0.4) is 0 Å². The molecule has 1 fully saturated rings. The molecule has 1 saturated heterocycles. The van der Waals surface area contributed by atoms with Gasteiger partial charge in [-0.3, -0.25) is 0 Å². The molecule has 2 rings (SSSR count). The van der Waals surface area contributed by atoms with Crippen LogP contribution in [0.25, 0.3) is 0 Å². The summed E-state index contributed by atoms with van der Waals surface area (Å²) < 4.78 is 0. The summed E-state index contributed by atoms with van der Waals surface area (Å²) in [7, 11) is 2.15. The molecule has 1 unspecified atom stereocenters. The van der Waals surface area contributed by atoms with Gasteiger partial charge < -0.3 is 15.5 Å². The van der Waals surface area contributed by atoms with Gasteiger partial charge in [-0.05, 0) is 32.2 Å². The van der Waals surface area contributed by atoms with Crippen LogP contribution in [0.2, 0.25) is 5.02 Å². The fraction of sp³-hybridized carbons (Fsp3) is 0.462. The van der Waals surface area contributed by atoms with Crippen molar-refractivity contribution in [3.63, 3.8) is 0 Å². The standard InChI is InChI=1S/C13H18ClN3S/c1-9-8-17(6-5-16(9)2)12-7-10(14)3-4-11(12)13(15)18/h3-4,7,9H,5-6,8H2,1-2H3,(H2,15,18). The summed E-state index contributed by atoms with van der Waals surface area (Å²) >= 11 is 11.2. The molecule has 18 heavy (non-hydrogen) atoms. The van der Waals surface area contributed by atoms with Gasteiger partial charge in [-0.15, -0.1) is 0 Å². The van der Waals surface area contributed by atoms with Crippen LogP contribution < -0.4 is 10.6 Å². The maximum Gasteiger partial charge on any atom is 0.106 e. The van der Waals surface area contributed by atoms with E-state index in [1.165, 1.54) is 0 Å². The lowest BCUT2D eigenvalue weighted by Crippen LogP contribution is -2.50. The topological polar surface area (TPSA) is 32.5 Å². The summed E-state index contributed by atoms with van der Waals surface area (Å²) in [5, 5.41) is 0.719. The summed E-state index contributed by atoms with van der Waals surface area (Å²) in [6.07, 6.45) is 0. The molecule has 1 aromatic rings. The monoisotopic (exact) mass is 283 g/mol. The lowest BCUT2D eigenvalue weighted by atomic mass is 10.1. The van der Waals surface area contributed by atoms with E-state index in [9.17, 15) is 0 Å².